The first kappa shape index (κ1) is 15.9. The number of rotatable bonds is 5. The lowest BCUT2D eigenvalue weighted by Gasteiger charge is -2.07. The van der Waals surface area contributed by atoms with Gasteiger partial charge in [0, 0.05) is 5.56 Å². The molecule has 0 saturated heterocycles. The van der Waals surface area contributed by atoms with E-state index < -0.39 is 12.1 Å². The number of benzene rings is 1. The summed E-state index contributed by atoms with van der Waals surface area (Å²) in [5.41, 5.74) is 0.735. The molecule has 1 aromatic carbocycles. The first-order valence-electron chi connectivity index (χ1n) is 6.40. The zero-order valence-corrected chi connectivity index (χ0v) is 12.8. The number of aliphatic hydroxyl groups is 1. The van der Waals surface area contributed by atoms with Crippen LogP contribution >= 0.6 is 23.2 Å². The van der Waals surface area contributed by atoms with Crippen LogP contribution in [-0.2, 0) is 9.53 Å². The smallest absolute Gasteiger partial charge is 0.308 e. The van der Waals surface area contributed by atoms with E-state index in [9.17, 15) is 9.90 Å². The van der Waals surface area contributed by atoms with E-state index in [-0.39, 0.29) is 13.0 Å². The maximum absolute atomic E-state index is 11.3. The molecule has 4 nitrogen and oxygen atoms in total. The molecule has 0 spiro atoms. The Bertz CT molecular complexity index is 636. The van der Waals surface area contributed by atoms with Crippen LogP contribution in [0.25, 0.3) is 11.3 Å². The van der Waals surface area contributed by atoms with E-state index in [1.807, 2.05) is 0 Å². The molecule has 0 aliphatic rings. The normalized spacial score (nSPS) is 12.2. The molecule has 1 unspecified atom stereocenters. The van der Waals surface area contributed by atoms with Gasteiger partial charge in [0.15, 0.2) is 0 Å². The van der Waals surface area contributed by atoms with Gasteiger partial charge in [0.25, 0.3) is 0 Å². The molecule has 112 valence electrons. The molecule has 0 fully saturated rings. The Morgan fingerprint density at radius 1 is 1.29 bits per heavy atom. The number of hydrogen-bond donors (Lipinski definition) is 1. The van der Waals surface area contributed by atoms with Crippen LogP contribution in [0.3, 0.4) is 0 Å². The third-order valence-electron chi connectivity index (χ3n) is 2.82. The fourth-order valence-corrected chi connectivity index (χ4v) is 2.11. The van der Waals surface area contributed by atoms with Crippen LogP contribution in [0.2, 0.25) is 10.0 Å². The number of esters is 1. The summed E-state index contributed by atoms with van der Waals surface area (Å²) in [5, 5.41) is 10.8. The molecule has 1 atom stereocenters. The molecular weight excluding hydrogens is 315 g/mol. The number of aliphatic hydroxyl groups excluding tert-OH is 1. The number of carbonyl (C=O) groups excluding carboxylic acids is 1. The van der Waals surface area contributed by atoms with Crippen LogP contribution in [0, 0.1) is 0 Å². The second-order valence-corrected chi connectivity index (χ2v) is 5.17. The van der Waals surface area contributed by atoms with Gasteiger partial charge in [-0.15, -0.1) is 0 Å². The van der Waals surface area contributed by atoms with Gasteiger partial charge in [0.1, 0.15) is 17.6 Å². The molecule has 0 radical (unpaired) electrons. The lowest BCUT2D eigenvalue weighted by atomic mass is 10.2. The van der Waals surface area contributed by atoms with Crippen molar-refractivity contribution in [3.63, 3.8) is 0 Å². The highest BCUT2D eigenvalue weighted by molar-refractivity contribution is 6.42. The topological polar surface area (TPSA) is 59.7 Å². The highest BCUT2D eigenvalue weighted by Crippen LogP contribution is 2.31. The molecule has 2 aromatic rings. The average Bonchev–Trinajstić information content (AvgIpc) is 2.92. The van der Waals surface area contributed by atoms with E-state index in [0.29, 0.717) is 21.6 Å². The van der Waals surface area contributed by atoms with Crippen LogP contribution < -0.4 is 0 Å². The monoisotopic (exact) mass is 328 g/mol. The minimum absolute atomic E-state index is 0.151. The Balaban J connectivity index is 2.13. The second kappa shape index (κ2) is 6.98. The largest absolute Gasteiger partial charge is 0.466 e. The Hall–Kier alpha value is -1.49. The summed E-state index contributed by atoms with van der Waals surface area (Å²) >= 11 is 11.8. The van der Waals surface area contributed by atoms with Gasteiger partial charge in [0.05, 0.1) is 23.1 Å². The van der Waals surface area contributed by atoms with Gasteiger partial charge in [-0.1, -0.05) is 23.2 Å². The molecule has 1 N–H and O–H groups in total. The van der Waals surface area contributed by atoms with Crippen molar-refractivity contribution in [2.45, 2.75) is 19.4 Å². The highest BCUT2D eigenvalue weighted by Gasteiger charge is 2.18. The van der Waals surface area contributed by atoms with E-state index in [4.69, 9.17) is 32.4 Å². The predicted molar refractivity (Wildman–Crippen MR) is 80.4 cm³/mol. The molecule has 0 aliphatic carbocycles. The number of hydrogen-bond acceptors (Lipinski definition) is 4. The maximum Gasteiger partial charge on any atom is 0.308 e. The van der Waals surface area contributed by atoms with Crippen molar-refractivity contribution < 1.29 is 19.1 Å². The number of halogens is 2. The second-order valence-electron chi connectivity index (χ2n) is 4.36. The highest BCUT2D eigenvalue weighted by atomic mass is 35.5. The Morgan fingerprint density at radius 2 is 2.05 bits per heavy atom. The third kappa shape index (κ3) is 4.00. The van der Waals surface area contributed by atoms with Gasteiger partial charge < -0.3 is 14.3 Å². The van der Waals surface area contributed by atoms with Gasteiger partial charge in [-0.25, -0.2) is 0 Å². The van der Waals surface area contributed by atoms with Crippen molar-refractivity contribution in [2.24, 2.45) is 0 Å². The molecule has 0 amide bonds. The fourth-order valence-electron chi connectivity index (χ4n) is 1.81. The summed E-state index contributed by atoms with van der Waals surface area (Å²) < 4.78 is 10.3. The summed E-state index contributed by atoms with van der Waals surface area (Å²) in [7, 11) is 0. The van der Waals surface area contributed by atoms with E-state index in [1.165, 1.54) is 0 Å². The van der Waals surface area contributed by atoms with Crippen LogP contribution in [0.1, 0.15) is 25.2 Å². The zero-order chi connectivity index (χ0) is 15.4. The Kier molecular flexibility index (Phi) is 5.28. The zero-order valence-electron chi connectivity index (χ0n) is 11.3. The van der Waals surface area contributed by atoms with Gasteiger partial charge in [0.2, 0.25) is 0 Å². The van der Waals surface area contributed by atoms with Crippen LogP contribution in [-0.4, -0.2) is 17.7 Å². The summed E-state index contributed by atoms with van der Waals surface area (Å²) in [5.74, 6) is 0.355. The molecular formula is C15H14Cl2O4. The standard InChI is InChI=1S/C15H14Cl2O4/c1-2-20-15(19)8-12(18)14-6-5-13(21-14)9-3-4-10(16)11(17)7-9/h3-7,12,18H,2,8H2,1H3. The van der Waals surface area contributed by atoms with Crippen LogP contribution in [0.15, 0.2) is 34.7 Å². The SMILES string of the molecule is CCOC(=O)CC(O)c1ccc(-c2ccc(Cl)c(Cl)c2)o1. The lowest BCUT2D eigenvalue weighted by molar-refractivity contribution is -0.145. The summed E-state index contributed by atoms with van der Waals surface area (Å²) in [4.78, 5) is 11.3. The summed E-state index contributed by atoms with van der Waals surface area (Å²) in [6.45, 7) is 1.98. The Morgan fingerprint density at radius 3 is 2.71 bits per heavy atom. The van der Waals surface area contributed by atoms with E-state index in [2.05, 4.69) is 0 Å². The first-order chi connectivity index (χ1) is 10.0. The van der Waals surface area contributed by atoms with Crippen molar-refractivity contribution >= 4 is 29.2 Å². The van der Waals surface area contributed by atoms with Gasteiger partial charge >= 0.3 is 5.97 Å². The summed E-state index contributed by atoms with van der Waals surface area (Å²) in [6.07, 6.45) is -1.19. The molecule has 6 heteroatoms. The van der Waals surface area contributed by atoms with E-state index in [0.717, 1.165) is 5.56 Å². The molecule has 1 aromatic heterocycles. The number of ether oxygens (including phenoxy) is 1. The van der Waals surface area contributed by atoms with Crippen molar-refractivity contribution in [3.8, 4) is 11.3 Å². The minimum atomic E-state index is -1.04. The quantitative estimate of drug-likeness (QED) is 0.834. The lowest BCUT2D eigenvalue weighted by Crippen LogP contribution is -2.09. The van der Waals surface area contributed by atoms with Crippen molar-refractivity contribution in [1.82, 2.24) is 0 Å². The van der Waals surface area contributed by atoms with E-state index >= 15 is 0 Å². The van der Waals surface area contributed by atoms with Gasteiger partial charge in [-0.3, -0.25) is 4.79 Å². The van der Waals surface area contributed by atoms with Crippen molar-refractivity contribution in [2.75, 3.05) is 6.61 Å². The maximum atomic E-state index is 11.3. The van der Waals surface area contributed by atoms with Crippen LogP contribution in [0.4, 0.5) is 0 Å². The predicted octanol–water partition coefficient (Wildman–Crippen LogP) is 4.24. The van der Waals surface area contributed by atoms with Crippen molar-refractivity contribution in [1.29, 1.82) is 0 Å². The summed E-state index contributed by atoms with van der Waals surface area (Å²) in [6, 6.07) is 8.40. The molecule has 21 heavy (non-hydrogen) atoms. The molecule has 1 heterocycles. The molecule has 0 bridgehead atoms. The van der Waals surface area contributed by atoms with Gasteiger partial charge in [-0.2, -0.15) is 0 Å². The number of carbonyl (C=O) groups is 1. The minimum Gasteiger partial charge on any atom is -0.466 e. The third-order valence-corrected chi connectivity index (χ3v) is 3.56. The first-order valence-corrected chi connectivity index (χ1v) is 7.15. The molecule has 0 saturated carbocycles. The average molecular weight is 329 g/mol. The van der Waals surface area contributed by atoms with Gasteiger partial charge in [-0.05, 0) is 37.3 Å². The fraction of sp³-hybridized carbons (Fsp3) is 0.267. The van der Waals surface area contributed by atoms with Crippen LogP contribution in [0.5, 0.6) is 0 Å². The molecule has 2 rings (SSSR count). The molecule has 0 aliphatic heterocycles. The Labute approximate surface area is 132 Å². The van der Waals surface area contributed by atoms with Crippen molar-refractivity contribution in [3.05, 3.63) is 46.1 Å². The van der Waals surface area contributed by atoms with E-state index in [1.54, 1.807) is 37.3 Å². The number of furan rings is 1.